The molecule has 1 aliphatic carbocycles. The number of aliphatic hydroxyl groups excluding tert-OH is 1. The molecule has 24 heavy (non-hydrogen) atoms. The first kappa shape index (κ1) is 17.1. The fraction of sp³-hybridized carbons (Fsp3) is 0.632. The molecule has 1 aromatic rings. The molecule has 1 saturated heterocycles. The Morgan fingerprint density at radius 1 is 1.17 bits per heavy atom. The van der Waals surface area contributed by atoms with Gasteiger partial charge < -0.3 is 19.9 Å². The molecule has 132 valence electrons. The zero-order chi connectivity index (χ0) is 16.8. The second kappa shape index (κ2) is 8.38. The number of carbonyl (C=O) groups excluding carboxylic acids is 1. The van der Waals surface area contributed by atoms with E-state index < -0.39 is 0 Å². The monoisotopic (exact) mass is 333 g/mol. The number of carbonyl (C=O) groups is 1. The first-order chi connectivity index (χ1) is 11.8. The summed E-state index contributed by atoms with van der Waals surface area (Å²) in [4.78, 5) is 11.4. The zero-order valence-corrected chi connectivity index (χ0v) is 14.1. The third-order valence-corrected chi connectivity index (χ3v) is 4.86. The zero-order valence-electron chi connectivity index (χ0n) is 14.1. The summed E-state index contributed by atoms with van der Waals surface area (Å²) in [6, 6.07) is 6.11. The van der Waals surface area contributed by atoms with Gasteiger partial charge in [0, 0.05) is 31.9 Å². The van der Waals surface area contributed by atoms with E-state index in [1.807, 2.05) is 6.07 Å². The molecule has 0 radical (unpaired) electrons. The van der Waals surface area contributed by atoms with Crippen LogP contribution in [0, 0.1) is 0 Å². The Morgan fingerprint density at radius 2 is 2.00 bits per heavy atom. The van der Waals surface area contributed by atoms with Crippen LogP contribution < -0.4 is 14.8 Å². The van der Waals surface area contributed by atoms with Crippen LogP contribution in [0.4, 0.5) is 0 Å². The summed E-state index contributed by atoms with van der Waals surface area (Å²) in [7, 11) is 0. The number of nitrogens with one attached hydrogen (secondary N) is 1. The van der Waals surface area contributed by atoms with Crippen molar-refractivity contribution in [3.8, 4) is 11.5 Å². The molecule has 0 aromatic heterocycles. The highest BCUT2D eigenvalue weighted by molar-refractivity contribution is 5.76. The predicted molar refractivity (Wildman–Crippen MR) is 91.5 cm³/mol. The number of ether oxygens (including phenoxy) is 2. The van der Waals surface area contributed by atoms with Gasteiger partial charge in [-0.05, 0) is 49.8 Å². The topological polar surface area (TPSA) is 67.8 Å². The first-order valence-electron chi connectivity index (χ1n) is 9.07. The number of rotatable bonds is 7. The minimum atomic E-state index is 0.124. The molecular formula is C19H27NO4. The van der Waals surface area contributed by atoms with E-state index in [1.165, 1.54) is 18.4 Å². The van der Waals surface area contributed by atoms with E-state index >= 15 is 0 Å². The van der Waals surface area contributed by atoms with Crippen molar-refractivity contribution >= 4 is 5.91 Å². The van der Waals surface area contributed by atoms with Gasteiger partial charge in [-0.3, -0.25) is 4.79 Å². The molecule has 1 aromatic carbocycles. The van der Waals surface area contributed by atoms with Crippen molar-refractivity contribution in [3.63, 3.8) is 0 Å². The number of hydrogen-bond donors (Lipinski definition) is 2. The van der Waals surface area contributed by atoms with Crippen LogP contribution in [-0.2, 0) is 4.79 Å². The summed E-state index contributed by atoms with van der Waals surface area (Å²) < 4.78 is 12.0. The van der Waals surface area contributed by atoms with Crippen molar-refractivity contribution in [2.24, 2.45) is 0 Å². The van der Waals surface area contributed by atoms with Crippen LogP contribution in [0.25, 0.3) is 0 Å². The van der Waals surface area contributed by atoms with Gasteiger partial charge in [-0.1, -0.05) is 6.07 Å². The largest absolute Gasteiger partial charge is 0.490 e. The summed E-state index contributed by atoms with van der Waals surface area (Å²) in [6.45, 7) is 1.29. The number of aliphatic hydroxyl groups is 1. The van der Waals surface area contributed by atoms with Gasteiger partial charge in [0.1, 0.15) is 0 Å². The number of hydrogen-bond acceptors (Lipinski definition) is 4. The van der Waals surface area contributed by atoms with E-state index in [2.05, 4.69) is 17.4 Å². The van der Waals surface area contributed by atoms with Gasteiger partial charge in [0.25, 0.3) is 0 Å². The quantitative estimate of drug-likeness (QED) is 0.753. The molecule has 2 fully saturated rings. The lowest BCUT2D eigenvalue weighted by molar-refractivity contribution is -0.122. The Balaban J connectivity index is 1.74. The fourth-order valence-corrected chi connectivity index (χ4v) is 3.44. The summed E-state index contributed by atoms with van der Waals surface area (Å²) in [5, 5.41) is 11.9. The smallest absolute Gasteiger partial charge is 0.220 e. The summed E-state index contributed by atoms with van der Waals surface area (Å²) in [5.41, 5.74) is 1.19. The second-order valence-corrected chi connectivity index (χ2v) is 6.70. The Kier molecular flexibility index (Phi) is 5.96. The van der Waals surface area contributed by atoms with Crippen molar-refractivity contribution in [2.75, 3.05) is 19.8 Å². The number of piperidine rings is 1. The lowest BCUT2D eigenvalue weighted by atomic mass is 9.91. The maximum Gasteiger partial charge on any atom is 0.220 e. The van der Waals surface area contributed by atoms with E-state index in [1.54, 1.807) is 0 Å². The molecule has 5 nitrogen and oxygen atoms in total. The highest BCUT2D eigenvalue weighted by atomic mass is 16.5. The van der Waals surface area contributed by atoms with E-state index in [-0.39, 0.29) is 18.6 Å². The summed E-state index contributed by atoms with van der Waals surface area (Å²) in [5.74, 6) is 2.02. The normalized spacial score (nSPS) is 21.5. The van der Waals surface area contributed by atoms with Gasteiger partial charge in [-0.25, -0.2) is 0 Å². The first-order valence-corrected chi connectivity index (χ1v) is 9.07. The minimum absolute atomic E-state index is 0.124. The van der Waals surface area contributed by atoms with Crippen LogP contribution in [0.2, 0.25) is 0 Å². The molecule has 1 saturated carbocycles. The number of benzene rings is 1. The molecule has 1 aliphatic heterocycles. The van der Waals surface area contributed by atoms with Crippen molar-refractivity contribution < 1.29 is 19.4 Å². The third-order valence-electron chi connectivity index (χ3n) is 4.86. The van der Waals surface area contributed by atoms with Gasteiger partial charge >= 0.3 is 0 Å². The Labute approximate surface area is 143 Å². The number of amides is 1. The SMILES string of the molecule is O=C1CCC(c2ccc(OCCCO)c(OC3CCCC3)c2)CN1. The van der Waals surface area contributed by atoms with Gasteiger partial charge in [-0.2, -0.15) is 0 Å². The maximum atomic E-state index is 11.4. The molecule has 1 amide bonds. The maximum absolute atomic E-state index is 11.4. The molecule has 2 N–H and O–H groups in total. The van der Waals surface area contributed by atoms with Crippen LogP contribution in [0.1, 0.15) is 56.4 Å². The molecule has 3 rings (SSSR count). The van der Waals surface area contributed by atoms with Crippen molar-refractivity contribution in [1.82, 2.24) is 5.32 Å². The molecule has 0 spiro atoms. The van der Waals surface area contributed by atoms with E-state index in [9.17, 15) is 4.79 Å². The summed E-state index contributed by atoms with van der Waals surface area (Å²) >= 11 is 0. The molecule has 1 atom stereocenters. The third kappa shape index (κ3) is 4.41. The minimum Gasteiger partial charge on any atom is -0.490 e. The van der Waals surface area contributed by atoms with Gasteiger partial charge in [-0.15, -0.1) is 0 Å². The lowest BCUT2D eigenvalue weighted by Crippen LogP contribution is -2.33. The van der Waals surface area contributed by atoms with Gasteiger partial charge in [0.15, 0.2) is 11.5 Å². The fourth-order valence-electron chi connectivity index (χ4n) is 3.44. The van der Waals surface area contributed by atoms with E-state index in [4.69, 9.17) is 14.6 Å². The second-order valence-electron chi connectivity index (χ2n) is 6.70. The molecule has 1 unspecified atom stereocenters. The Hall–Kier alpha value is -1.75. The Morgan fingerprint density at radius 3 is 2.71 bits per heavy atom. The van der Waals surface area contributed by atoms with Crippen LogP contribution in [-0.4, -0.2) is 36.9 Å². The molecular weight excluding hydrogens is 306 g/mol. The van der Waals surface area contributed by atoms with Crippen molar-refractivity contribution in [1.29, 1.82) is 0 Å². The Bertz CT molecular complexity index is 544. The van der Waals surface area contributed by atoms with E-state index in [0.717, 1.165) is 30.8 Å². The van der Waals surface area contributed by atoms with Gasteiger partial charge in [0.2, 0.25) is 5.91 Å². The van der Waals surface area contributed by atoms with Gasteiger partial charge in [0.05, 0.1) is 12.7 Å². The average molecular weight is 333 g/mol. The van der Waals surface area contributed by atoms with Crippen LogP contribution in [0.3, 0.4) is 0 Å². The average Bonchev–Trinajstić information content (AvgIpc) is 3.10. The highest BCUT2D eigenvalue weighted by Crippen LogP contribution is 2.36. The molecule has 1 heterocycles. The predicted octanol–water partition coefficient (Wildman–Crippen LogP) is 2.76. The highest BCUT2D eigenvalue weighted by Gasteiger charge is 2.23. The molecule has 2 aliphatic rings. The molecule has 0 bridgehead atoms. The molecule has 5 heteroatoms. The van der Waals surface area contributed by atoms with E-state index in [0.29, 0.717) is 31.9 Å². The van der Waals surface area contributed by atoms with Crippen LogP contribution in [0.15, 0.2) is 18.2 Å². The lowest BCUT2D eigenvalue weighted by Gasteiger charge is -2.24. The standard InChI is InChI=1S/C19H27NO4/c21-10-3-11-23-17-8-6-14(15-7-9-19(22)20-13-15)12-18(17)24-16-4-1-2-5-16/h6,8,12,15-16,21H,1-5,7,9-11,13H2,(H,20,22). The van der Waals surface area contributed by atoms with Crippen LogP contribution in [0.5, 0.6) is 11.5 Å². The van der Waals surface area contributed by atoms with Crippen molar-refractivity contribution in [2.45, 2.75) is 57.0 Å². The summed E-state index contributed by atoms with van der Waals surface area (Å²) in [6.07, 6.45) is 6.97. The van der Waals surface area contributed by atoms with Crippen LogP contribution >= 0.6 is 0 Å². The van der Waals surface area contributed by atoms with Crippen molar-refractivity contribution in [3.05, 3.63) is 23.8 Å².